The number of nitrogen functional groups attached to an aromatic ring is 1. The average molecular weight is 591 g/mol. The number of carbonyl (C=O) groups is 3. The number of anilines is 1. The van der Waals surface area contributed by atoms with Crippen molar-refractivity contribution in [3.8, 4) is 5.75 Å². The number of amides is 3. The third-order valence-corrected chi connectivity index (χ3v) is 7.56. The summed E-state index contributed by atoms with van der Waals surface area (Å²) in [7, 11) is 1.62. The van der Waals surface area contributed by atoms with Gasteiger partial charge in [-0.2, -0.15) is 10.9 Å². The number of hydrogen-bond donors (Lipinski definition) is 4. The zero-order chi connectivity index (χ0) is 31.1. The lowest BCUT2D eigenvalue weighted by Gasteiger charge is -2.37. The summed E-state index contributed by atoms with van der Waals surface area (Å²) in [6.07, 6.45) is 14.8. The van der Waals surface area contributed by atoms with Crippen LogP contribution in [0, 0.1) is 0 Å². The lowest BCUT2D eigenvalue weighted by atomic mass is 10.1. The highest BCUT2D eigenvalue weighted by Gasteiger charge is 2.32. The van der Waals surface area contributed by atoms with Crippen LogP contribution in [0.15, 0.2) is 18.2 Å². The molecule has 1 aromatic rings. The molecule has 0 aliphatic carbocycles. The number of carbonyl (C=O) groups excluding carboxylic acids is 3. The Balaban J connectivity index is 2.85. The minimum absolute atomic E-state index is 0.0178. The second kappa shape index (κ2) is 22.7. The van der Waals surface area contributed by atoms with Gasteiger partial charge in [-0.15, -0.1) is 4.70 Å². The van der Waals surface area contributed by atoms with E-state index < -0.39 is 0 Å². The van der Waals surface area contributed by atoms with E-state index >= 15 is 0 Å². The molecule has 0 radical (unpaired) electrons. The van der Waals surface area contributed by atoms with E-state index in [1.54, 1.807) is 7.11 Å². The van der Waals surface area contributed by atoms with Gasteiger partial charge in [-0.05, 0) is 56.2 Å². The van der Waals surface area contributed by atoms with E-state index in [1.165, 1.54) is 5.56 Å². The SMILES string of the molecule is CCCCCC(=O)NCC[N+](CCCCCCc1ccc(OC)c(N)c1)(NC(=O)CCCCC)NC(=O)CCCCC. The van der Waals surface area contributed by atoms with Crippen molar-refractivity contribution in [2.75, 3.05) is 32.5 Å². The van der Waals surface area contributed by atoms with E-state index in [1.807, 2.05) is 12.1 Å². The lowest BCUT2D eigenvalue weighted by Crippen LogP contribution is -2.71. The molecule has 9 nitrogen and oxygen atoms in total. The zero-order valence-electron chi connectivity index (χ0n) is 27.0. The maximum atomic E-state index is 13.0. The van der Waals surface area contributed by atoms with Gasteiger partial charge in [-0.25, -0.2) is 0 Å². The van der Waals surface area contributed by atoms with Gasteiger partial charge in [0.15, 0.2) is 0 Å². The summed E-state index contributed by atoms with van der Waals surface area (Å²) in [5.41, 5.74) is 14.2. The maximum Gasteiger partial charge on any atom is 0.267 e. The average Bonchev–Trinajstić information content (AvgIpc) is 2.95. The van der Waals surface area contributed by atoms with Crippen molar-refractivity contribution in [3.05, 3.63) is 23.8 Å². The van der Waals surface area contributed by atoms with E-state index in [-0.39, 0.29) is 22.4 Å². The highest BCUT2D eigenvalue weighted by Crippen LogP contribution is 2.23. The van der Waals surface area contributed by atoms with Crippen molar-refractivity contribution < 1.29 is 23.8 Å². The fourth-order valence-electron chi connectivity index (χ4n) is 5.04. The van der Waals surface area contributed by atoms with Gasteiger partial charge in [0.1, 0.15) is 18.8 Å². The van der Waals surface area contributed by atoms with Gasteiger partial charge in [0.25, 0.3) is 11.8 Å². The second-order valence-electron chi connectivity index (χ2n) is 11.4. The number of hydrogen-bond acceptors (Lipinski definition) is 5. The fraction of sp³-hybridized carbons (Fsp3) is 0.727. The largest absolute Gasteiger partial charge is 0.495 e. The van der Waals surface area contributed by atoms with Crippen LogP contribution in [-0.2, 0) is 20.8 Å². The molecule has 0 atom stereocenters. The smallest absolute Gasteiger partial charge is 0.267 e. The molecule has 3 amide bonds. The van der Waals surface area contributed by atoms with Crippen LogP contribution in [0.4, 0.5) is 5.69 Å². The molecule has 0 fully saturated rings. The van der Waals surface area contributed by atoms with Crippen molar-refractivity contribution in [2.45, 2.75) is 130 Å². The summed E-state index contributed by atoms with van der Waals surface area (Å²) < 4.78 is 5.22. The third kappa shape index (κ3) is 16.6. The summed E-state index contributed by atoms with van der Waals surface area (Å²) >= 11 is 0. The normalized spacial score (nSPS) is 11.2. The molecule has 1 rings (SSSR count). The van der Waals surface area contributed by atoms with Gasteiger partial charge < -0.3 is 15.8 Å². The summed E-state index contributed by atoms with van der Waals surface area (Å²) in [5, 5.41) is 3.01. The number of methoxy groups -OCH3 is 1. The van der Waals surface area contributed by atoms with Crippen molar-refractivity contribution >= 4 is 23.4 Å². The molecular weight excluding hydrogens is 530 g/mol. The van der Waals surface area contributed by atoms with Crippen molar-refractivity contribution in [1.29, 1.82) is 0 Å². The van der Waals surface area contributed by atoms with Gasteiger partial charge in [-0.3, -0.25) is 14.4 Å². The van der Waals surface area contributed by atoms with E-state index in [2.05, 4.69) is 43.0 Å². The molecule has 0 spiro atoms. The first kappa shape index (κ1) is 37.2. The Morgan fingerprint density at radius 2 is 1.26 bits per heavy atom. The molecule has 0 bridgehead atoms. The molecule has 1 aromatic carbocycles. The van der Waals surface area contributed by atoms with Gasteiger partial charge in [0, 0.05) is 25.7 Å². The molecular formula is C33H60N5O4+. The highest BCUT2D eigenvalue weighted by molar-refractivity contribution is 5.76. The molecule has 240 valence electrons. The minimum atomic E-state index is -0.0660. The first-order valence-corrected chi connectivity index (χ1v) is 16.5. The minimum Gasteiger partial charge on any atom is -0.495 e. The quantitative estimate of drug-likeness (QED) is 0.0473. The number of rotatable bonds is 25. The zero-order valence-corrected chi connectivity index (χ0v) is 27.0. The monoisotopic (exact) mass is 590 g/mol. The standard InChI is InChI=1S/C33H59N5O4/c1-5-8-13-19-31(39)35-24-26-38(36-32(40)20-14-9-6-2,37-33(41)21-15-10-7-3)25-17-12-11-16-18-28-22-23-30(42-4)29(34)27-28/h22-23,27H,5-21,24-26,34H2,1-4H3,(H2-,35,36,37,39,40,41)/p+1. The predicted octanol–water partition coefficient (Wildman–Crippen LogP) is 6.12. The number of unbranched alkanes of at least 4 members (excludes halogenated alkanes) is 9. The molecule has 0 aliphatic rings. The topological polar surface area (TPSA) is 123 Å². The number of benzene rings is 1. The molecule has 0 aliphatic heterocycles. The number of nitrogens with zero attached hydrogens (tertiary/aromatic N) is 1. The summed E-state index contributed by atoms with van der Waals surface area (Å²) in [4.78, 5) is 38.5. The van der Waals surface area contributed by atoms with Gasteiger partial charge in [0.2, 0.25) is 5.91 Å². The lowest BCUT2D eigenvalue weighted by molar-refractivity contribution is -0.992. The van der Waals surface area contributed by atoms with Crippen LogP contribution in [0.25, 0.3) is 0 Å². The van der Waals surface area contributed by atoms with E-state index in [0.29, 0.717) is 50.3 Å². The molecule has 0 saturated carbocycles. The maximum absolute atomic E-state index is 13.0. The van der Waals surface area contributed by atoms with Crippen LogP contribution in [0.3, 0.4) is 0 Å². The Bertz CT molecular complexity index is 884. The van der Waals surface area contributed by atoms with Crippen molar-refractivity contribution in [3.63, 3.8) is 0 Å². The van der Waals surface area contributed by atoms with Gasteiger partial charge in [-0.1, -0.05) is 71.8 Å². The Labute approximate surface area is 255 Å². The van der Waals surface area contributed by atoms with Crippen LogP contribution in [0.2, 0.25) is 0 Å². The molecule has 0 unspecified atom stereocenters. The van der Waals surface area contributed by atoms with Crippen LogP contribution >= 0.6 is 0 Å². The van der Waals surface area contributed by atoms with Crippen molar-refractivity contribution in [2.24, 2.45) is 0 Å². The summed E-state index contributed by atoms with van der Waals surface area (Å²) in [6.45, 7) is 7.70. The fourth-order valence-corrected chi connectivity index (χ4v) is 5.04. The number of aryl methyl sites for hydroxylation is 1. The molecule has 0 heterocycles. The third-order valence-electron chi connectivity index (χ3n) is 7.56. The highest BCUT2D eigenvalue weighted by atomic mass is 16.5. The van der Waals surface area contributed by atoms with Gasteiger partial charge in [0.05, 0.1) is 19.3 Å². The number of nitrogens with two attached hydrogens (primary N) is 1. The first-order chi connectivity index (χ1) is 20.3. The molecule has 5 N–H and O–H groups in total. The van der Waals surface area contributed by atoms with E-state index in [4.69, 9.17) is 10.5 Å². The molecule has 42 heavy (non-hydrogen) atoms. The Morgan fingerprint density at radius 1 is 0.714 bits per heavy atom. The van der Waals surface area contributed by atoms with E-state index in [9.17, 15) is 14.4 Å². The Morgan fingerprint density at radius 3 is 1.79 bits per heavy atom. The summed E-state index contributed by atoms with van der Waals surface area (Å²) in [5.74, 6) is 0.579. The first-order valence-electron chi connectivity index (χ1n) is 16.5. The second-order valence-corrected chi connectivity index (χ2v) is 11.4. The van der Waals surface area contributed by atoms with E-state index in [0.717, 1.165) is 89.9 Å². The Hall–Kier alpha value is -2.81. The number of ether oxygens (including phenoxy) is 1. The van der Waals surface area contributed by atoms with Crippen LogP contribution in [0.1, 0.15) is 129 Å². The van der Waals surface area contributed by atoms with Gasteiger partial charge >= 0.3 is 0 Å². The molecule has 0 saturated heterocycles. The number of nitrogens with one attached hydrogen (secondary N) is 3. The van der Waals surface area contributed by atoms with Crippen LogP contribution in [0.5, 0.6) is 5.75 Å². The molecule has 9 heteroatoms. The van der Waals surface area contributed by atoms with Crippen molar-refractivity contribution in [1.82, 2.24) is 16.2 Å². The molecule has 0 aromatic heterocycles. The van der Waals surface area contributed by atoms with Crippen LogP contribution in [-0.4, -0.2) is 49.2 Å². The summed E-state index contributed by atoms with van der Waals surface area (Å²) in [6, 6.07) is 5.93. The Kier molecular flexibility index (Phi) is 20.2. The number of quaternary nitrogens is 1. The predicted molar refractivity (Wildman–Crippen MR) is 171 cm³/mol. The van der Waals surface area contributed by atoms with Crippen LogP contribution < -0.4 is 26.6 Å².